The lowest BCUT2D eigenvalue weighted by Gasteiger charge is -2.33. The Labute approximate surface area is 149 Å². The van der Waals surface area contributed by atoms with Crippen LogP contribution in [0, 0.1) is 0 Å². The maximum atomic E-state index is 6.07. The Morgan fingerprint density at radius 2 is 1.96 bits per heavy atom. The van der Waals surface area contributed by atoms with Gasteiger partial charge in [0.15, 0.2) is 0 Å². The van der Waals surface area contributed by atoms with Gasteiger partial charge in [0, 0.05) is 17.5 Å². The molecule has 1 aromatic heterocycles. The van der Waals surface area contributed by atoms with Gasteiger partial charge in [-0.25, -0.2) is 4.72 Å². The van der Waals surface area contributed by atoms with Crippen LogP contribution in [0.5, 0.6) is 11.5 Å². The van der Waals surface area contributed by atoms with Crippen LogP contribution < -0.4 is 14.4 Å². The number of fused-ring (bicyclic) bond motifs is 3. The van der Waals surface area contributed by atoms with Crippen molar-refractivity contribution in [3.05, 3.63) is 54.9 Å². The monoisotopic (exact) mass is 351 g/mol. The molecule has 3 aromatic rings. The first-order valence-corrected chi connectivity index (χ1v) is 9.16. The van der Waals surface area contributed by atoms with Gasteiger partial charge in [0.1, 0.15) is 11.5 Å². The summed E-state index contributed by atoms with van der Waals surface area (Å²) in [6, 6.07) is 14.1. The SMILES string of the molecule is c1cc(Oc2ccc3c(c2)SNC2CCCN32)cc(-n2nccn2)c1. The fourth-order valence-electron chi connectivity index (χ4n) is 3.34. The molecule has 5 rings (SSSR count). The summed E-state index contributed by atoms with van der Waals surface area (Å²) in [6.45, 7) is 1.12. The van der Waals surface area contributed by atoms with Gasteiger partial charge in [0.05, 0.1) is 29.9 Å². The van der Waals surface area contributed by atoms with Gasteiger partial charge in [-0.2, -0.15) is 15.0 Å². The Morgan fingerprint density at radius 1 is 1.08 bits per heavy atom. The van der Waals surface area contributed by atoms with E-state index in [-0.39, 0.29) is 0 Å². The van der Waals surface area contributed by atoms with Crippen molar-refractivity contribution in [2.75, 3.05) is 11.4 Å². The van der Waals surface area contributed by atoms with E-state index in [2.05, 4.69) is 32.0 Å². The van der Waals surface area contributed by atoms with Gasteiger partial charge in [-0.05, 0) is 55.1 Å². The van der Waals surface area contributed by atoms with Crippen LogP contribution in [0.3, 0.4) is 0 Å². The standard InChI is InChI=1S/C18H17N5OS/c1-3-13(23-19-8-9-20-23)11-14(4-1)24-15-6-7-16-17(12-15)25-21-18-5-2-10-22(16)18/h1,3-4,6-9,11-12,18,21H,2,5,10H2. The molecule has 1 N–H and O–H groups in total. The second kappa shape index (κ2) is 6.09. The van der Waals surface area contributed by atoms with Crippen molar-refractivity contribution in [1.29, 1.82) is 0 Å². The van der Waals surface area contributed by atoms with E-state index in [1.807, 2.05) is 30.3 Å². The molecule has 0 saturated carbocycles. The summed E-state index contributed by atoms with van der Waals surface area (Å²) < 4.78 is 9.59. The smallest absolute Gasteiger partial charge is 0.129 e. The van der Waals surface area contributed by atoms with E-state index in [9.17, 15) is 0 Å². The summed E-state index contributed by atoms with van der Waals surface area (Å²) in [7, 11) is 0. The highest BCUT2D eigenvalue weighted by Crippen LogP contribution is 2.40. The predicted octanol–water partition coefficient (Wildman–Crippen LogP) is 3.60. The van der Waals surface area contributed by atoms with E-state index >= 15 is 0 Å². The highest BCUT2D eigenvalue weighted by molar-refractivity contribution is 7.97. The topological polar surface area (TPSA) is 55.2 Å². The minimum absolute atomic E-state index is 0.461. The van der Waals surface area contributed by atoms with E-state index in [1.165, 1.54) is 23.4 Å². The van der Waals surface area contributed by atoms with Crippen LogP contribution in [-0.2, 0) is 0 Å². The first-order valence-electron chi connectivity index (χ1n) is 8.34. The fourth-order valence-corrected chi connectivity index (χ4v) is 4.32. The molecule has 3 heterocycles. The van der Waals surface area contributed by atoms with Crippen LogP contribution in [0.25, 0.3) is 5.69 Å². The maximum Gasteiger partial charge on any atom is 0.129 e. The molecule has 2 aliphatic rings. The first-order chi connectivity index (χ1) is 12.4. The molecule has 1 atom stereocenters. The zero-order valence-electron chi connectivity index (χ0n) is 13.5. The van der Waals surface area contributed by atoms with Crippen molar-refractivity contribution < 1.29 is 4.74 Å². The lowest BCUT2D eigenvalue weighted by molar-refractivity contribution is 0.480. The van der Waals surface area contributed by atoms with E-state index in [0.29, 0.717) is 6.17 Å². The summed E-state index contributed by atoms with van der Waals surface area (Å²) >= 11 is 1.70. The molecule has 0 aliphatic carbocycles. The minimum Gasteiger partial charge on any atom is -0.457 e. The third-order valence-electron chi connectivity index (χ3n) is 4.50. The second-order valence-electron chi connectivity index (χ2n) is 6.12. The minimum atomic E-state index is 0.461. The third-order valence-corrected chi connectivity index (χ3v) is 5.44. The molecule has 0 radical (unpaired) electrons. The Kier molecular flexibility index (Phi) is 3.61. The Bertz CT molecular complexity index is 898. The number of ether oxygens (including phenoxy) is 1. The van der Waals surface area contributed by atoms with Crippen LogP contribution in [0.15, 0.2) is 59.8 Å². The van der Waals surface area contributed by atoms with Gasteiger partial charge in [-0.15, -0.1) is 0 Å². The molecule has 0 bridgehead atoms. The average Bonchev–Trinajstić information content (AvgIpc) is 3.33. The Morgan fingerprint density at radius 3 is 2.88 bits per heavy atom. The summed E-state index contributed by atoms with van der Waals surface area (Å²) in [5.74, 6) is 1.60. The number of hydrogen-bond donors (Lipinski definition) is 1. The van der Waals surface area contributed by atoms with E-state index in [1.54, 1.807) is 29.1 Å². The quantitative estimate of drug-likeness (QED) is 0.728. The molecule has 2 aliphatic heterocycles. The molecule has 7 heteroatoms. The third kappa shape index (κ3) is 2.75. The Hall–Kier alpha value is -2.51. The zero-order valence-corrected chi connectivity index (χ0v) is 14.3. The molecule has 25 heavy (non-hydrogen) atoms. The maximum absolute atomic E-state index is 6.07. The number of nitrogens with one attached hydrogen (secondary N) is 1. The second-order valence-corrected chi connectivity index (χ2v) is 7.00. The number of aromatic nitrogens is 3. The van der Waals surface area contributed by atoms with Gasteiger partial charge in [0.25, 0.3) is 0 Å². The van der Waals surface area contributed by atoms with Crippen molar-refractivity contribution in [3.8, 4) is 17.2 Å². The normalized spacial score (nSPS) is 18.7. The lowest BCUT2D eigenvalue weighted by atomic mass is 10.2. The molecule has 1 fully saturated rings. The van der Waals surface area contributed by atoms with Crippen LogP contribution in [0.1, 0.15) is 12.8 Å². The predicted molar refractivity (Wildman–Crippen MR) is 97.2 cm³/mol. The number of nitrogens with zero attached hydrogens (tertiary/aromatic N) is 4. The van der Waals surface area contributed by atoms with Crippen LogP contribution in [0.2, 0.25) is 0 Å². The highest BCUT2D eigenvalue weighted by Gasteiger charge is 2.30. The zero-order chi connectivity index (χ0) is 16.6. The number of anilines is 1. The van der Waals surface area contributed by atoms with E-state index in [0.717, 1.165) is 23.7 Å². The summed E-state index contributed by atoms with van der Waals surface area (Å²) in [4.78, 5) is 5.23. The van der Waals surface area contributed by atoms with Crippen molar-refractivity contribution >= 4 is 17.6 Å². The van der Waals surface area contributed by atoms with Gasteiger partial charge in [-0.3, -0.25) is 0 Å². The van der Waals surface area contributed by atoms with E-state index in [4.69, 9.17) is 4.74 Å². The van der Waals surface area contributed by atoms with Crippen LogP contribution >= 0.6 is 11.9 Å². The van der Waals surface area contributed by atoms with Crippen molar-refractivity contribution in [1.82, 2.24) is 19.7 Å². The lowest BCUT2D eigenvalue weighted by Crippen LogP contribution is -2.41. The van der Waals surface area contributed by atoms with Crippen molar-refractivity contribution in [2.45, 2.75) is 23.9 Å². The fraction of sp³-hybridized carbons (Fsp3) is 0.222. The molecule has 1 saturated heterocycles. The van der Waals surface area contributed by atoms with Crippen LogP contribution in [0.4, 0.5) is 5.69 Å². The number of benzene rings is 2. The summed E-state index contributed by atoms with van der Waals surface area (Å²) in [6.07, 6.45) is 6.23. The molecular weight excluding hydrogens is 334 g/mol. The Balaban J connectivity index is 1.41. The van der Waals surface area contributed by atoms with Gasteiger partial charge in [0.2, 0.25) is 0 Å². The van der Waals surface area contributed by atoms with Crippen molar-refractivity contribution in [3.63, 3.8) is 0 Å². The molecule has 0 spiro atoms. The number of rotatable bonds is 3. The van der Waals surface area contributed by atoms with Gasteiger partial charge < -0.3 is 9.64 Å². The largest absolute Gasteiger partial charge is 0.457 e. The summed E-state index contributed by atoms with van der Waals surface area (Å²) in [5, 5.41) is 8.31. The van der Waals surface area contributed by atoms with E-state index < -0.39 is 0 Å². The summed E-state index contributed by atoms with van der Waals surface area (Å²) in [5.41, 5.74) is 2.17. The van der Waals surface area contributed by atoms with Crippen molar-refractivity contribution in [2.24, 2.45) is 0 Å². The first kappa shape index (κ1) is 14.8. The molecular formula is C18H17N5OS. The van der Waals surface area contributed by atoms with Gasteiger partial charge in [-0.1, -0.05) is 6.07 Å². The van der Waals surface area contributed by atoms with Gasteiger partial charge >= 0.3 is 0 Å². The molecule has 126 valence electrons. The molecule has 2 aromatic carbocycles. The molecule has 6 nitrogen and oxygen atoms in total. The average molecular weight is 351 g/mol. The van der Waals surface area contributed by atoms with Crippen LogP contribution in [-0.4, -0.2) is 27.7 Å². The number of hydrogen-bond acceptors (Lipinski definition) is 6. The molecule has 0 amide bonds. The molecule has 1 unspecified atom stereocenters. The highest BCUT2D eigenvalue weighted by atomic mass is 32.2.